The van der Waals surface area contributed by atoms with Crippen LogP contribution in [0.2, 0.25) is 0 Å². The summed E-state index contributed by atoms with van der Waals surface area (Å²) in [6.45, 7) is 4.08. The molecule has 0 aromatic carbocycles. The van der Waals surface area contributed by atoms with Gasteiger partial charge in [0.15, 0.2) is 0 Å². The van der Waals surface area contributed by atoms with Gasteiger partial charge in [0, 0.05) is 51.5 Å². The number of fused-ring (bicyclic) bond motifs is 2. The van der Waals surface area contributed by atoms with Crippen molar-refractivity contribution in [2.75, 3.05) is 33.0 Å². The highest BCUT2D eigenvalue weighted by atomic mass is 35.5. The van der Waals surface area contributed by atoms with Gasteiger partial charge in [0.05, 0.1) is 0 Å². The van der Waals surface area contributed by atoms with E-state index in [1.165, 1.54) is 25.7 Å². The number of halogens is 1. The van der Waals surface area contributed by atoms with E-state index in [9.17, 15) is 4.79 Å². The molecule has 3 aliphatic rings. The molecule has 0 aromatic heterocycles. The van der Waals surface area contributed by atoms with Crippen LogP contribution in [0.3, 0.4) is 0 Å². The van der Waals surface area contributed by atoms with Crippen LogP contribution in [-0.4, -0.2) is 51.0 Å². The third-order valence-electron chi connectivity index (χ3n) is 5.53. The number of carbonyl (C=O) groups excluding carboxylic acids is 1. The highest BCUT2D eigenvalue weighted by Gasteiger charge is 2.34. The van der Waals surface area contributed by atoms with Crippen molar-refractivity contribution < 1.29 is 14.3 Å². The van der Waals surface area contributed by atoms with E-state index < -0.39 is 0 Å². The first-order chi connectivity index (χ1) is 11.3. The quantitative estimate of drug-likeness (QED) is 0.652. The van der Waals surface area contributed by atoms with E-state index in [0.29, 0.717) is 30.3 Å². The molecule has 140 valence electrons. The Kier molecular flexibility index (Phi) is 8.81. The Morgan fingerprint density at radius 1 is 1.08 bits per heavy atom. The van der Waals surface area contributed by atoms with Crippen molar-refractivity contribution in [2.45, 2.75) is 63.5 Å². The van der Waals surface area contributed by atoms with Gasteiger partial charge in [-0.1, -0.05) is 0 Å². The minimum Gasteiger partial charge on any atom is -0.381 e. The van der Waals surface area contributed by atoms with Crippen molar-refractivity contribution in [1.82, 2.24) is 10.6 Å². The van der Waals surface area contributed by atoms with Crippen molar-refractivity contribution >= 4 is 18.3 Å². The average Bonchev–Trinajstić information content (AvgIpc) is 2.90. The van der Waals surface area contributed by atoms with Crippen molar-refractivity contribution in [3.8, 4) is 0 Å². The SMILES string of the molecule is Cl.O=C(CC1CC2CCC(C1)N2)NCCCOCC1CCOCC1. The maximum Gasteiger partial charge on any atom is 0.220 e. The molecule has 2 unspecified atom stereocenters. The molecule has 3 fully saturated rings. The van der Waals surface area contributed by atoms with Crippen molar-refractivity contribution in [2.24, 2.45) is 11.8 Å². The lowest BCUT2D eigenvalue weighted by molar-refractivity contribution is -0.122. The summed E-state index contributed by atoms with van der Waals surface area (Å²) in [4.78, 5) is 12.0. The number of hydrogen-bond acceptors (Lipinski definition) is 4. The lowest BCUT2D eigenvalue weighted by Crippen LogP contribution is -2.39. The van der Waals surface area contributed by atoms with Crippen LogP contribution >= 0.6 is 12.4 Å². The van der Waals surface area contributed by atoms with Gasteiger partial charge in [-0.05, 0) is 56.8 Å². The molecule has 6 heteroatoms. The van der Waals surface area contributed by atoms with Crippen LogP contribution in [0, 0.1) is 11.8 Å². The minimum absolute atomic E-state index is 0. The molecule has 0 spiro atoms. The predicted octanol–water partition coefficient (Wildman–Crippen LogP) is 2.28. The summed E-state index contributed by atoms with van der Waals surface area (Å²) < 4.78 is 11.1. The maximum absolute atomic E-state index is 12.0. The number of carbonyl (C=O) groups is 1. The second-order valence-corrected chi connectivity index (χ2v) is 7.51. The molecule has 24 heavy (non-hydrogen) atoms. The van der Waals surface area contributed by atoms with Crippen LogP contribution in [0.1, 0.15) is 51.4 Å². The fourth-order valence-corrected chi connectivity index (χ4v) is 4.24. The topological polar surface area (TPSA) is 59.6 Å². The maximum atomic E-state index is 12.0. The standard InChI is InChI=1S/C18H32N2O3.ClH/c21-18(12-15-10-16-2-3-17(11-15)20-16)19-6-1-7-23-13-14-4-8-22-9-5-14;/h14-17,20H,1-13H2,(H,19,21);1H. The second-order valence-electron chi connectivity index (χ2n) is 7.51. The molecule has 2 bridgehead atoms. The van der Waals surface area contributed by atoms with Gasteiger partial charge in [-0.25, -0.2) is 0 Å². The zero-order valence-electron chi connectivity index (χ0n) is 14.6. The van der Waals surface area contributed by atoms with Crippen LogP contribution in [-0.2, 0) is 14.3 Å². The van der Waals surface area contributed by atoms with Gasteiger partial charge in [0.1, 0.15) is 0 Å². The van der Waals surface area contributed by atoms with Crippen LogP contribution in [0.4, 0.5) is 0 Å². The molecule has 3 rings (SSSR count). The van der Waals surface area contributed by atoms with Gasteiger partial charge in [0.2, 0.25) is 5.91 Å². The second kappa shape index (κ2) is 10.6. The number of amides is 1. The molecule has 0 saturated carbocycles. The summed E-state index contributed by atoms with van der Waals surface area (Å²) in [6.07, 6.45) is 8.81. The molecule has 3 saturated heterocycles. The lowest BCUT2D eigenvalue weighted by Gasteiger charge is -2.28. The van der Waals surface area contributed by atoms with Gasteiger partial charge in [-0.3, -0.25) is 4.79 Å². The highest BCUT2D eigenvalue weighted by Crippen LogP contribution is 2.32. The summed E-state index contributed by atoms with van der Waals surface area (Å²) in [5, 5.41) is 6.69. The number of hydrogen-bond donors (Lipinski definition) is 2. The molecule has 0 aliphatic carbocycles. The predicted molar refractivity (Wildman–Crippen MR) is 96.5 cm³/mol. The summed E-state index contributed by atoms with van der Waals surface area (Å²) in [6, 6.07) is 1.34. The van der Waals surface area contributed by atoms with Crippen molar-refractivity contribution in [3.63, 3.8) is 0 Å². The van der Waals surface area contributed by atoms with Crippen molar-refractivity contribution in [3.05, 3.63) is 0 Å². The Morgan fingerprint density at radius 3 is 2.50 bits per heavy atom. The van der Waals surface area contributed by atoms with Crippen LogP contribution < -0.4 is 10.6 Å². The Balaban J connectivity index is 0.00000208. The monoisotopic (exact) mass is 360 g/mol. The summed E-state index contributed by atoms with van der Waals surface area (Å²) in [5.74, 6) is 1.47. The third-order valence-corrected chi connectivity index (χ3v) is 5.53. The molecule has 1 amide bonds. The van der Waals surface area contributed by atoms with E-state index in [-0.39, 0.29) is 18.3 Å². The minimum atomic E-state index is 0. The van der Waals surface area contributed by atoms with Gasteiger partial charge in [-0.15, -0.1) is 12.4 Å². The molecule has 3 aliphatic heterocycles. The lowest BCUT2D eigenvalue weighted by atomic mass is 9.89. The molecular formula is C18H33ClN2O3. The van der Waals surface area contributed by atoms with E-state index in [1.807, 2.05) is 0 Å². The highest BCUT2D eigenvalue weighted by molar-refractivity contribution is 5.85. The number of ether oxygens (including phenoxy) is 2. The molecule has 5 nitrogen and oxygen atoms in total. The number of rotatable bonds is 8. The molecule has 0 aromatic rings. The largest absolute Gasteiger partial charge is 0.381 e. The fourth-order valence-electron chi connectivity index (χ4n) is 4.24. The molecule has 3 heterocycles. The Labute approximate surface area is 152 Å². The van der Waals surface area contributed by atoms with E-state index in [0.717, 1.165) is 52.2 Å². The number of nitrogens with one attached hydrogen (secondary N) is 2. The fraction of sp³-hybridized carbons (Fsp3) is 0.944. The van der Waals surface area contributed by atoms with E-state index >= 15 is 0 Å². The number of piperidine rings is 1. The molecule has 2 atom stereocenters. The normalized spacial score (nSPS) is 29.9. The van der Waals surface area contributed by atoms with E-state index in [4.69, 9.17) is 9.47 Å². The first-order valence-corrected chi connectivity index (χ1v) is 9.48. The molecule has 0 radical (unpaired) electrons. The average molecular weight is 361 g/mol. The Morgan fingerprint density at radius 2 is 1.79 bits per heavy atom. The Bertz CT molecular complexity index is 365. The third kappa shape index (κ3) is 6.51. The zero-order chi connectivity index (χ0) is 15.9. The van der Waals surface area contributed by atoms with E-state index in [2.05, 4.69) is 10.6 Å². The summed E-state index contributed by atoms with van der Waals surface area (Å²) >= 11 is 0. The van der Waals surface area contributed by atoms with Crippen LogP contribution in [0.15, 0.2) is 0 Å². The van der Waals surface area contributed by atoms with Gasteiger partial charge in [0.25, 0.3) is 0 Å². The van der Waals surface area contributed by atoms with Gasteiger partial charge < -0.3 is 20.1 Å². The smallest absolute Gasteiger partial charge is 0.220 e. The summed E-state index contributed by atoms with van der Waals surface area (Å²) in [5.41, 5.74) is 0. The van der Waals surface area contributed by atoms with Crippen LogP contribution in [0.5, 0.6) is 0 Å². The van der Waals surface area contributed by atoms with Crippen LogP contribution in [0.25, 0.3) is 0 Å². The first-order valence-electron chi connectivity index (χ1n) is 9.48. The summed E-state index contributed by atoms with van der Waals surface area (Å²) in [7, 11) is 0. The first kappa shape index (κ1) is 20.0. The van der Waals surface area contributed by atoms with Crippen molar-refractivity contribution in [1.29, 1.82) is 0 Å². The van der Waals surface area contributed by atoms with E-state index in [1.54, 1.807) is 0 Å². The Hall–Kier alpha value is -0.360. The van der Waals surface area contributed by atoms with Gasteiger partial charge >= 0.3 is 0 Å². The van der Waals surface area contributed by atoms with Gasteiger partial charge in [-0.2, -0.15) is 0 Å². The zero-order valence-corrected chi connectivity index (χ0v) is 15.5. The molecular weight excluding hydrogens is 328 g/mol. The molecule has 2 N–H and O–H groups in total.